The van der Waals surface area contributed by atoms with Crippen molar-refractivity contribution in [1.82, 2.24) is 5.43 Å². The van der Waals surface area contributed by atoms with Crippen LogP contribution in [0.15, 0.2) is 58.1 Å². The fraction of sp³-hybridized carbons (Fsp3) is 0.125. The lowest BCUT2D eigenvalue weighted by Gasteiger charge is -2.07. The van der Waals surface area contributed by atoms with Crippen LogP contribution in [-0.2, 0) is 4.79 Å². The van der Waals surface area contributed by atoms with Gasteiger partial charge in [0, 0.05) is 10.0 Å². The summed E-state index contributed by atoms with van der Waals surface area (Å²) >= 11 is 3.40. The van der Waals surface area contributed by atoms with Crippen molar-refractivity contribution in [2.45, 2.75) is 6.92 Å². The number of benzene rings is 2. The van der Waals surface area contributed by atoms with Crippen molar-refractivity contribution >= 4 is 28.1 Å². The van der Waals surface area contributed by atoms with Gasteiger partial charge >= 0.3 is 0 Å². The SMILES string of the molecule is Cc1ccccc1OCC(=O)N/N=C\c1ccccc1Br. The first-order valence-corrected chi connectivity index (χ1v) is 7.21. The topological polar surface area (TPSA) is 50.7 Å². The molecule has 108 valence electrons. The predicted octanol–water partition coefficient (Wildman–Crippen LogP) is 3.29. The summed E-state index contributed by atoms with van der Waals surface area (Å²) in [6, 6.07) is 15.2. The number of aryl methyl sites for hydroxylation is 1. The van der Waals surface area contributed by atoms with Crippen LogP contribution in [0, 0.1) is 6.92 Å². The number of carbonyl (C=O) groups is 1. The van der Waals surface area contributed by atoms with Crippen molar-refractivity contribution in [2.75, 3.05) is 6.61 Å². The van der Waals surface area contributed by atoms with E-state index >= 15 is 0 Å². The van der Waals surface area contributed by atoms with E-state index in [1.807, 2.05) is 55.5 Å². The summed E-state index contributed by atoms with van der Waals surface area (Å²) in [5.41, 5.74) is 4.31. The van der Waals surface area contributed by atoms with E-state index < -0.39 is 0 Å². The maximum absolute atomic E-state index is 11.6. The minimum absolute atomic E-state index is 0.0713. The van der Waals surface area contributed by atoms with Gasteiger partial charge in [0.1, 0.15) is 5.75 Å². The lowest BCUT2D eigenvalue weighted by Crippen LogP contribution is -2.24. The Morgan fingerprint density at radius 1 is 1.24 bits per heavy atom. The number of para-hydroxylation sites is 1. The molecule has 21 heavy (non-hydrogen) atoms. The molecule has 0 fully saturated rings. The molecule has 2 aromatic rings. The molecule has 0 unspecified atom stereocenters. The van der Waals surface area contributed by atoms with Crippen LogP contribution < -0.4 is 10.2 Å². The average molecular weight is 347 g/mol. The summed E-state index contributed by atoms with van der Waals surface area (Å²) in [6.07, 6.45) is 1.58. The second kappa shape index (κ2) is 7.59. The first-order chi connectivity index (χ1) is 10.2. The van der Waals surface area contributed by atoms with Crippen molar-refractivity contribution in [3.8, 4) is 5.75 Å². The number of hydrogen-bond acceptors (Lipinski definition) is 3. The molecule has 0 saturated carbocycles. The van der Waals surface area contributed by atoms with Gasteiger partial charge < -0.3 is 4.74 Å². The van der Waals surface area contributed by atoms with Crippen LogP contribution in [-0.4, -0.2) is 18.7 Å². The van der Waals surface area contributed by atoms with E-state index in [1.165, 1.54) is 0 Å². The summed E-state index contributed by atoms with van der Waals surface area (Å²) in [7, 11) is 0. The molecule has 0 aliphatic carbocycles. The van der Waals surface area contributed by atoms with Crippen LogP contribution in [0.3, 0.4) is 0 Å². The van der Waals surface area contributed by atoms with Gasteiger partial charge in [-0.05, 0) is 24.6 Å². The summed E-state index contributed by atoms with van der Waals surface area (Å²) in [6.45, 7) is 1.86. The molecule has 0 aliphatic rings. The van der Waals surface area contributed by atoms with Gasteiger partial charge in [0.05, 0.1) is 6.21 Å². The molecule has 0 radical (unpaired) electrons. The molecule has 0 heterocycles. The normalized spacial score (nSPS) is 10.6. The van der Waals surface area contributed by atoms with Crippen LogP contribution in [0.1, 0.15) is 11.1 Å². The Labute approximate surface area is 132 Å². The van der Waals surface area contributed by atoms with Crippen LogP contribution in [0.2, 0.25) is 0 Å². The Hall–Kier alpha value is -2.14. The van der Waals surface area contributed by atoms with Crippen molar-refractivity contribution in [3.63, 3.8) is 0 Å². The van der Waals surface area contributed by atoms with E-state index in [2.05, 4.69) is 26.5 Å². The zero-order valence-corrected chi connectivity index (χ0v) is 13.1. The lowest BCUT2D eigenvalue weighted by atomic mass is 10.2. The van der Waals surface area contributed by atoms with E-state index in [-0.39, 0.29) is 12.5 Å². The fourth-order valence-electron chi connectivity index (χ4n) is 1.65. The number of nitrogens with one attached hydrogen (secondary N) is 1. The summed E-state index contributed by atoms with van der Waals surface area (Å²) in [4.78, 5) is 11.6. The molecule has 0 spiro atoms. The molecule has 5 heteroatoms. The van der Waals surface area contributed by atoms with Crippen LogP contribution >= 0.6 is 15.9 Å². The highest BCUT2D eigenvalue weighted by molar-refractivity contribution is 9.10. The first-order valence-electron chi connectivity index (χ1n) is 6.41. The molecule has 0 aromatic heterocycles. The molecule has 0 saturated heterocycles. The zero-order chi connectivity index (χ0) is 15.1. The Balaban J connectivity index is 1.83. The lowest BCUT2D eigenvalue weighted by molar-refractivity contribution is -0.123. The minimum Gasteiger partial charge on any atom is -0.483 e. The third-order valence-electron chi connectivity index (χ3n) is 2.75. The van der Waals surface area contributed by atoms with Crippen molar-refractivity contribution in [1.29, 1.82) is 0 Å². The molecule has 1 N–H and O–H groups in total. The maximum atomic E-state index is 11.6. The highest BCUT2D eigenvalue weighted by Gasteiger charge is 2.03. The van der Waals surface area contributed by atoms with Gasteiger partial charge in [-0.1, -0.05) is 52.3 Å². The maximum Gasteiger partial charge on any atom is 0.277 e. The zero-order valence-electron chi connectivity index (χ0n) is 11.5. The van der Waals surface area contributed by atoms with Gasteiger partial charge in [0.15, 0.2) is 6.61 Å². The molecular formula is C16H15BrN2O2. The summed E-state index contributed by atoms with van der Waals surface area (Å²) in [5.74, 6) is 0.393. The van der Waals surface area contributed by atoms with Gasteiger partial charge in [0.2, 0.25) is 0 Å². The number of rotatable bonds is 5. The molecule has 2 aromatic carbocycles. The fourth-order valence-corrected chi connectivity index (χ4v) is 2.03. The number of hydrazone groups is 1. The average Bonchev–Trinajstić information content (AvgIpc) is 2.48. The van der Waals surface area contributed by atoms with Gasteiger partial charge in [-0.25, -0.2) is 5.43 Å². The Morgan fingerprint density at radius 3 is 2.71 bits per heavy atom. The Morgan fingerprint density at radius 2 is 1.95 bits per heavy atom. The van der Waals surface area contributed by atoms with Gasteiger partial charge in [-0.2, -0.15) is 5.10 Å². The van der Waals surface area contributed by atoms with E-state index in [1.54, 1.807) is 6.21 Å². The number of carbonyl (C=O) groups excluding carboxylic acids is 1. The largest absolute Gasteiger partial charge is 0.483 e. The number of ether oxygens (including phenoxy) is 1. The number of amides is 1. The smallest absolute Gasteiger partial charge is 0.277 e. The molecule has 0 atom stereocenters. The minimum atomic E-state index is -0.304. The third-order valence-corrected chi connectivity index (χ3v) is 3.47. The van der Waals surface area contributed by atoms with Gasteiger partial charge in [-0.15, -0.1) is 0 Å². The highest BCUT2D eigenvalue weighted by atomic mass is 79.9. The molecule has 0 bridgehead atoms. The first kappa shape index (κ1) is 15.3. The van der Waals surface area contributed by atoms with Gasteiger partial charge in [-0.3, -0.25) is 4.79 Å². The molecular weight excluding hydrogens is 332 g/mol. The monoisotopic (exact) mass is 346 g/mol. The molecule has 0 aliphatic heterocycles. The van der Waals surface area contributed by atoms with Crippen LogP contribution in [0.25, 0.3) is 0 Å². The standard InChI is InChI=1S/C16H15BrN2O2/c1-12-6-2-5-9-15(12)21-11-16(20)19-18-10-13-7-3-4-8-14(13)17/h2-10H,11H2,1H3,(H,19,20)/b18-10-. The summed E-state index contributed by atoms with van der Waals surface area (Å²) in [5, 5.41) is 3.90. The van der Waals surface area contributed by atoms with E-state index in [4.69, 9.17) is 4.74 Å². The Bertz CT molecular complexity index is 656. The van der Waals surface area contributed by atoms with E-state index in [0.29, 0.717) is 5.75 Å². The van der Waals surface area contributed by atoms with Gasteiger partial charge in [0.25, 0.3) is 5.91 Å². The van der Waals surface area contributed by atoms with Crippen molar-refractivity contribution in [3.05, 3.63) is 64.1 Å². The predicted molar refractivity (Wildman–Crippen MR) is 86.6 cm³/mol. The van der Waals surface area contributed by atoms with Crippen LogP contribution in [0.4, 0.5) is 0 Å². The molecule has 1 amide bonds. The molecule has 4 nitrogen and oxygen atoms in total. The second-order valence-corrected chi connectivity index (χ2v) is 5.22. The quantitative estimate of drug-likeness (QED) is 0.667. The number of nitrogens with zero attached hydrogens (tertiary/aromatic N) is 1. The second-order valence-electron chi connectivity index (χ2n) is 4.37. The van der Waals surface area contributed by atoms with E-state index in [9.17, 15) is 4.79 Å². The van der Waals surface area contributed by atoms with Crippen LogP contribution in [0.5, 0.6) is 5.75 Å². The number of hydrogen-bond donors (Lipinski definition) is 1. The summed E-state index contributed by atoms with van der Waals surface area (Å²) < 4.78 is 6.35. The van der Waals surface area contributed by atoms with Crippen molar-refractivity contribution in [2.24, 2.45) is 5.10 Å². The van der Waals surface area contributed by atoms with Crippen molar-refractivity contribution < 1.29 is 9.53 Å². The Kier molecular flexibility index (Phi) is 5.51. The third kappa shape index (κ3) is 4.72. The molecule has 2 rings (SSSR count). The number of halogens is 1. The highest BCUT2D eigenvalue weighted by Crippen LogP contribution is 2.15. The van der Waals surface area contributed by atoms with E-state index in [0.717, 1.165) is 15.6 Å².